The third-order valence-electron chi connectivity index (χ3n) is 4.27. The number of aryl methyl sites for hydroxylation is 1. The van der Waals surface area contributed by atoms with E-state index in [9.17, 15) is 19.7 Å². The summed E-state index contributed by atoms with van der Waals surface area (Å²) in [5, 5.41) is 13.6. The average Bonchev–Trinajstić information content (AvgIpc) is 2.97. The van der Waals surface area contributed by atoms with Crippen LogP contribution in [0.15, 0.2) is 36.4 Å². The van der Waals surface area contributed by atoms with Crippen molar-refractivity contribution in [3.05, 3.63) is 63.2 Å². The molecule has 0 saturated heterocycles. The Bertz CT molecular complexity index is 892. The van der Waals surface area contributed by atoms with Crippen LogP contribution in [0.25, 0.3) is 0 Å². The van der Waals surface area contributed by atoms with E-state index in [1.807, 2.05) is 6.07 Å². The summed E-state index contributed by atoms with van der Waals surface area (Å²) in [4.78, 5) is 36.1. The molecule has 3 rings (SSSR count). The lowest BCUT2D eigenvalue weighted by molar-refractivity contribution is -0.385. The lowest BCUT2D eigenvalue weighted by atomic mass is 10.1. The highest BCUT2D eigenvalue weighted by atomic mass is 16.6. The van der Waals surface area contributed by atoms with Gasteiger partial charge in [-0.15, -0.1) is 0 Å². The zero-order valence-electron chi connectivity index (χ0n) is 13.9. The Balaban J connectivity index is 1.82. The van der Waals surface area contributed by atoms with E-state index >= 15 is 0 Å². The predicted octanol–water partition coefficient (Wildman–Crippen LogP) is 3.06. The maximum absolute atomic E-state index is 12.4. The first kappa shape index (κ1) is 16.6. The van der Waals surface area contributed by atoms with E-state index in [0.717, 1.165) is 17.7 Å². The van der Waals surface area contributed by atoms with Gasteiger partial charge in [0.2, 0.25) is 5.91 Å². The molecule has 0 fully saturated rings. The van der Waals surface area contributed by atoms with Gasteiger partial charge in [-0.05, 0) is 43.2 Å². The lowest BCUT2D eigenvalue weighted by Gasteiger charge is -2.16. The Morgan fingerprint density at radius 3 is 2.60 bits per heavy atom. The average molecular weight is 339 g/mol. The van der Waals surface area contributed by atoms with Crippen LogP contribution in [-0.4, -0.2) is 23.3 Å². The molecular formula is C18H17N3O4. The molecule has 0 saturated carbocycles. The van der Waals surface area contributed by atoms with Crippen LogP contribution in [-0.2, 0) is 11.2 Å². The molecule has 0 unspecified atom stereocenters. The number of benzene rings is 2. The van der Waals surface area contributed by atoms with Crippen molar-refractivity contribution in [3.63, 3.8) is 0 Å². The normalized spacial score (nSPS) is 12.6. The van der Waals surface area contributed by atoms with Gasteiger partial charge in [-0.1, -0.05) is 6.07 Å². The zero-order chi connectivity index (χ0) is 18.1. The van der Waals surface area contributed by atoms with Gasteiger partial charge >= 0.3 is 0 Å². The number of nitrogens with zero attached hydrogens (tertiary/aromatic N) is 2. The van der Waals surface area contributed by atoms with Crippen LogP contribution < -0.4 is 10.2 Å². The van der Waals surface area contributed by atoms with Crippen LogP contribution in [0, 0.1) is 17.0 Å². The van der Waals surface area contributed by atoms with E-state index in [1.54, 1.807) is 24.0 Å². The van der Waals surface area contributed by atoms with Crippen LogP contribution in [0.5, 0.6) is 0 Å². The van der Waals surface area contributed by atoms with Gasteiger partial charge in [-0.3, -0.25) is 19.7 Å². The van der Waals surface area contributed by atoms with Gasteiger partial charge in [-0.25, -0.2) is 0 Å². The predicted molar refractivity (Wildman–Crippen MR) is 94.0 cm³/mol. The van der Waals surface area contributed by atoms with Crippen LogP contribution in [0.1, 0.15) is 28.4 Å². The molecule has 0 radical (unpaired) electrons. The second-order valence-corrected chi connectivity index (χ2v) is 5.98. The summed E-state index contributed by atoms with van der Waals surface area (Å²) < 4.78 is 0. The van der Waals surface area contributed by atoms with Gasteiger partial charge in [0.15, 0.2) is 0 Å². The zero-order valence-corrected chi connectivity index (χ0v) is 13.9. The second-order valence-electron chi connectivity index (χ2n) is 5.98. The van der Waals surface area contributed by atoms with Crippen LogP contribution in [0.3, 0.4) is 0 Å². The van der Waals surface area contributed by atoms with E-state index in [-0.39, 0.29) is 17.5 Å². The number of fused-ring (bicyclic) bond motifs is 1. The summed E-state index contributed by atoms with van der Waals surface area (Å²) in [6, 6.07) is 9.70. The van der Waals surface area contributed by atoms with Crippen LogP contribution >= 0.6 is 0 Å². The molecule has 2 aromatic rings. The third-order valence-corrected chi connectivity index (χ3v) is 4.27. The van der Waals surface area contributed by atoms with Gasteiger partial charge in [0, 0.05) is 42.0 Å². The minimum absolute atomic E-state index is 0.0221. The van der Waals surface area contributed by atoms with Crippen molar-refractivity contribution in [1.82, 2.24) is 0 Å². The number of anilines is 2. The molecule has 1 N–H and O–H groups in total. The minimum Gasteiger partial charge on any atom is -0.322 e. The molecule has 0 spiro atoms. The van der Waals surface area contributed by atoms with Crippen molar-refractivity contribution in [1.29, 1.82) is 0 Å². The maximum Gasteiger partial charge on any atom is 0.272 e. The lowest BCUT2D eigenvalue weighted by Crippen LogP contribution is -2.25. The Hall–Kier alpha value is -3.22. The summed E-state index contributed by atoms with van der Waals surface area (Å²) in [6.07, 6.45) is 0.796. The smallest absolute Gasteiger partial charge is 0.272 e. The Kier molecular flexibility index (Phi) is 4.22. The monoisotopic (exact) mass is 339 g/mol. The highest BCUT2D eigenvalue weighted by Gasteiger charge is 2.22. The topological polar surface area (TPSA) is 92.6 Å². The molecule has 2 amide bonds. The molecule has 1 aliphatic rings. The summed E-state index contributed by atoms with van der Waals surface area (Å²) >= 11 is 0. The fourth-order valence-electron chi connectivity index (χ4n) is 2.99. The quantitative estimate of drug-likeness (QED) is 0.687. The summed E-state index contributed by atoms with van der Waals surface area (Å²) in [5.74, 6) is -0.390. The highest BCUT2D eigenvalue weighted by Crippen LogP contribution is 2.31. The third kappa shape index (κ3) is 3.21. The number of amides is 2. The first-order chi connectivity index (χ1) is 11.9. The molecule has 7 heteroatoms. The van der Waals surface area contributed by atoms with Crippen molar-refractivity contribution in [2.45, 2.75) is 20.3 Å². The molecule has 0 bridgehead atoms. The molecule has 0 aliphatic carbocycles. The standard InChI is InChI=1S/C18H17N3O4/c1-11-9-14(4-6-16(11)21(24)25)18(23)19-15-5-3-13-7-8-20(12(2)22)17(13)10-15/h3-6,9-10H,7-8H2,1-2H3,(H,19,23). The summed E-state index contributed by atoms with van der Waals surface area (Å²) in [6.45, 7) is 3.75. The molecule has 0 aromatic heterocycles. The van der Waals surface area contributed by atoms with Gasteiger partial charge < -0.3 is 10.2 Å². The van der Waals surface area contributed by atoms with E-state index in [4.69, 9.17) is 0 Å². The van der Waals surface area contributed by atoms with Gasteiger partial charge in [0.05, 0.1) is 4.92 Å². The van der Waals surface area contributed by atoms with E-state index < -0.39 is 4.92 Å². The van der Waals surface area contributed by atoms with Crippen molar-refractivity contribution in [2.24, 2.45) is 0 Å². The fraction of sp³-hybridized carbons (Fsp3) is 0.222. The molecule has 2 aromatic carbocycles. The minimum atomic E-state index is -0.478. The maximum atomic E-state index is 12.4. The summed E-state index contributed by atoms with van der Waals surface area (Å²) in [5.41, 5.74) is 3.20. The first-order valence-electron chi connectivity index (χ1n) is 7.84. The Labute approximate surface area is 144 Å². The number of hydrogen-bond donors (Lipinski definition) is 1. The molecule has 1 aliphatic heterocycles. The van der Waals surface area contributed by atoms with Crippen molar-refractivity contribution >= 4 is 28.9 Å². The van der Waals surface area contributed by atoms with Crippen molar-refractivity contribution in [3.8, 4) is 0 Å². The molecule has 7 nitrogen and oxygen atoms in total. The van der Waals surface area contributed by atoms with Gasteiger partial charge in [0.25, 0.3) is 11.6 Å². The number of nitro groups is 1. The van der Waals surface area contributed by atoms with Crippen molar-refractivity contribution < 1.29 is 14.5 Å². The van der Waals surface area contributed by atoms with E-state index in [0.29, 0.717) is 23.4 Å². The van der Waals surface area contributed by atoms with Gasteiger partial charge in [0.1, 0.15) is 0 Å². The fourth-order valence-corrected chi connectivity index (χ4v) is 2.99. The molecule has 0 atom stereocenters. The SMILES string of the molecule is CC(=O)N1CCc2ccc(NC(=O)c3ccc([N+](=O)[O-])c(C)c3)cc21. The van der Waals surface area contributed by atoms with Crippen LogP contribution in [0.2, 0.25) is 0 Å². The molecule has 25 heavy (non-hydrogen) atoms. The molecule has 128 valence electrons. The number of carbonyl (C=O) groups excluding carboxylic acids is 2. The number of hydrogen-bond acceptors (Lipinski definition) is 4. The number of nitrogens with one attached hydrogen (secondary N) is 1. The highest BCUT2D eigenvalue weighted by molar-refractivity contribution is 6.05. The largest absolute Gasteiger partial charge is 0.322 e. The number of rotatable bonds is 3. The number of nitro benzene ring substituents is 1. The molecule has 1 heterocycles. The number of carbonyl (C=O) groups is 2. The Morgan fingerprint density at radius 1 is 1.20 bits per heavy atom. The first-order valence-corrected chi connectivity index (χ1v) is 7.84. The Morgan fingerprint density at radius 2 is 1.96 bits per heavy atom. The summed E-state index contributed by atoms with van der Waals surface area (Å²) in [7, 11) is 0. The second kappa shape index (κ2) is 6.35. The van der Waals surface area contributed by atoms with Gasteiger partial charge in [-0.2, -0.15) is 0 Å². The van der Waals surface area contributed by atoms with Crippen molar-refractivity contribution in [2.75, 3.05) is 16.8 Å². The van der Waals surface area contributed by atoms with Crippen LogP contribution in [0.4, 0.5) is 17.1 Å². The van der Waals surface area contributed by atoms with E-state index in [2.05, 4.69) is 5.32 Å². The van der Waals surface area contributed by atoms with E-state index in [1.165, 1.54) is 25.1 Å². The molecular weight excluding hydrogens is 322 g/mol.